The van der Waals surface area contributed by atoms with Crippen molar-refractivity contribution in [2.75, 3.05) is 0 Å². The summed E-state index contributed by atoms with van der Waals surface area (Å²) in [4.78, 5) is 12.5. The van der Waals surface area contributed by atoms with Crippen molar-refractivity contribution in [3.05, 3.63) is 77.1 Å². The van der Waals surface area contributed by atoms with Crippen LogP contribution >= 0.6 is 0 Å². The summed E-state index contributed by atoms with van der Waals surface area (Å²) in [5.41, 5.74) is 5.30. The van der Waals surface area contributed by atoms with E-state index < -0.39 is 0 Å². The Hall–Kier alpha value is -2.55. The summed E-state index contributed by atoms with van der Waals surface area (Å²) in [6.07, 6.45) is 3.80. The molecule has 0 fully saturated rings. The molecule has 1 atom stereocenters. The molecule has 2 aromatic heterocycles. The number of rotatable bonds is 3. The van der Waals surface area contributed by atoms with Crippen LogP contribution in [0.4, 0.5) is 0 Å². The molecule has 3 aromatic rings. The zero-order valence-corrected chi connectivity index (χ0v) is 13.1. The minimum absolute atomic E-state index is 0.0175. The van der Waals surface area contributed by atoms with Gasteiger partial charge in [0.25, 0.3) is 5.91 Å². The van der Waals surface area contributed by atoms with Crippen LogP contribution in [-0.4, -0.2) is 10.3 Å². The van der Waals surface area contributed by atoms with Gasteiger partial charge in [0.15, 0.2) is 0 Å². The molecule has 0 saturated carbocycles. The number of nitrogens with one attached hydrogen (secondary N) is 1. The highest BCUT2D eigenvalue weighted by atomic mass is 16.1. The van der Waals surface area contributed by atoms with Gasteiger partial charge in [-0.3, -0.25) is 4.79 Å². The summed E-state index contributed by atoms with van der Waals surface area (Å²) < 4.78 is 1.96. The molecule has 0 aliphatic rings. The van der Waals surface area contributed by atoms with Gasteiger partial charge >= 0.3 is 0 Å². The predicted molar refractivity (Wildman–Crippen MR) is 89.2 cm³/mol. The molecule has 2 heterocycles. The average Bonchev–Trinajstić information content (AvgIpc) is 2.91. The normalized spacial score (nSPS) is 12.3. The standard InChI is InChI=1S/C19H20N2O/c1-13-7-8-18(14(2)10-13)15(3)20-19(22)16-11-17-6-4-5-9-21(17)12-16/h4-12,15H,1-3H3,(H,20,22)/t15-/m1/s1. The minimum atomic E-state index is -0.0452. The number of amides is 1. The molecule has 0 aliphatic heterocycles. The summed E-state index contributed by atoms with van der Waals surface area (Å²) in [6.45, 7) is 6.18. The van der Waals surface area contributed by atoms with Crippen LogP contribution in [0, 0.1) is 13.8 Å². The lowest BCUT2D eigenvalue weighted by atomic mass is 10.00. The van der Waals surface area contributed by atoms with Gasteiger partial charge in [-0.05, 0) is 50.1 Å². The Kier molecular flexibility index (Phi) is 3.72. The van der Waals surface area contributed by atoms with Crippen LogP contribution in [0.3, 0.4) is 0 Å². The number of nitrogens with zero attached hydrogens (tertiary/aromatic N) is 1. The fourth-order valence-electron chi connectivity index (χ4n) is 2.85. The van der Waals surface area contributed by atoms with Crippen LogP contribution in [0.15, 0.2) is 54.9 Å². The number of carbonyl (C=O) groups excluding carboxylic acids is 1. The summed E-state index contributed by atoms with van der Waals surface area (Å²) in [5.74, 6) is -0.0452. The second-order valence-corrected chi connectivity index (χ2v) is 5.82. The Labute approximate surface area is 130 Å². The molecule has 0 unspecified atom stereocenters. The lowest BCUT2D eigenvalue weighted by Gasteiger charge is -2.16. The number of carbonyl (C=O) groups is 1. The highest BCUT2D eigenvalue weighted by molar-refractivity contribution is 5.95. The van der Waals surface area contributed by atoms with Gasteiger partial charge in [-0.1, -0.05) is 29.8 Å². The fraction of sp³-hybridized carbons (Fsp3) is 0.211. The van der Waals surface area contributed by atoms with E-state index in [1.807, 2.05) is 48.0 Å². The third-order valence-corrected chi connectivity index (χ3v) is 4.01. The van der Waals surface area contributed by atoms with E-state index in [9.17, 15) is 4.79 Å². The van der Waals surface area contributed by atoms with Crippen molar-refractivity contribution >= 4 is 11.4 Å². The number of benzene rings is 1. The Morgan fingerprint density at radius 3 is 2.68 bits per heavy atom. The van der Waals surface area contributed by atoms with Crippen LogP contribution in [0.2, 0.25) is 0 Å². The van der Waals surface area contributed by atoms with E-state index in [0.29, 0.717) is 5.56 Å². The molecule has 22 heavy (non-hydrogen) atoms. The van der Waals surface area contributed by atoms with Crippen LogP contribution in [-0.2, 0) is 0 Å². The van der Waals surface area contributed by atoms with Crippen molar-refractivity contribution in [3.8, 4) is 0 Å². The molecule has 3 nitrogen and oxygen atoms in total. The van der Waals surface area contributed by atoms with Gasteiger partial charge in [-0.2, -0.15) is 0 Å². The highest BCUT2D eigenvalue weighted by Gasteiger charge is 2.14. The van der Waals surface area contributed by atoms with Crippen molar-refractivity contribution in [2.24, 2.45) is 0 Å². The first-order chi connectivity index (χ1) is 10.5. The highest BCUT2D eigenvalue weighted by Crippen LogP contribution is 2.19. The van der Waals surface area contributed by atoms with Gasteiger partial charge in [0, 0.05) is 17.9 Å². The third kappa shape index (κ3) is 2.75. The van der Waals surface area contributed by atoms with E-state index in [4.69, 9.17) is 0 Å². The molecule has 3 heteroatoms. The van der Waals surface area contributed by atoms with Gasteiger partial charge in [-0.15, -0.1) is 0 Å². The van der Waals surface area contributed by atoms with Crippen molar-refractivity contribution < 1.29 is 4.79 Å². The van der Waals surface area contributed by atoms with Crippen molar-refractivity contribution in [1.82, 2.24) is 9.72 Å². The summed E-state index contributed by atoms with van der Waals surface area (Å²) in [6, 6.07) is 14.1. The van der Waals surface area contributed by atoms with Crippen molar-refractivity contribution in [2.45, 2.75) is 26.8 Å². The molecule has 0 bridgehead atoms. The first-order valence-electron chi connectivity index (χ1n) is 7.49. The fourth-order valence-corrected chi connectivity index (χ4v) is 2.85. The van der Waals surface area contributed by atoms with Crippen molar-refractivity contribution in [3.63, 3.8) is 0 Å². The van der Waals surface area contributed by atoms with E-state index in [-0.39, 0.29) is 11.9 Å². The Bertz CT molecular complexity index is 799. The van der Waals surface area contributed by atoms with Crippen LogP contribution < -0.4 is 5.32 Å². The van der Waals surface area contributed by atoms with Crippen LogP contribution in [0.25, 0.3) is 5.52 Å². The second-order valence-electron chi connectivity index (χ2n) is 5.82. The summed E-state index contributed by atoms with van der Waals surface area (Å²) in [5, 5.41) is 3.08. The summed E-state index contributed by atoms with van der Waals surface area (Å²) in [7, 11) is 0. The molecule has 1 amide bonds. The first kappa shape index (κ1) is 14.4. The number of pyridine rings is 1. The molecule has 0 aliphatic carbocycles. The molecule has 3 rings (SSSR count). The first-order valence-corrected chi connectivity index (χ1v) is 7.49. The third-order valence-electron chi connectivity index (χ3n) is 4.01. The van der Waals surface area contributed by atoms with Gasteiger partial charge in [0.05, 0.1) is 11.6 Å². The second kappa shape index (κ2) is 5.68. The van der Waals surface area contributed by atoms with Crippen LogP contribution in [0.5, 0.6) is 0 Å². The lowest BCUT2D eigenvalue weighted by Crippen LogP contribution is -2.26. The van der Waals surface area contributed by atoms with Gasteiger partial charge in [0.1, 0.15) is 0 Å². The lowest BCUT2D eigenvalue weighted by molar-refractivity contribution is 0.0940. The van der Waals surface area contributed by atoms with E-state index >= 15 is 0 Å². The Morgan fingerprint density at radius 2 is 1.95 bits per heavy atom. The number of aromatic nitrogens is 1. The molecular weight excluding hydrogens is 272 g/mol. The van der Waals surface area contributed by atoms with Gasteiger partial charge < -0.3 is 9.72 Å². The van der Waals surface area contributed by atoms with Gasteiger partial charge in [-0.25, -0.2) is 0 Å². The Balaban J connectivity index is 1.81. The topological polar surface area (TPSA) is 33.5 Å². The zero-order valence-electron chi connectivity index (χ0n) is 13.1. The number of fused-ring (bicyclic) bond motifs is 1. The maximum Gasteiger partial charge on any atom is 0.253 e. The van der Waals surface area contributed by atoms with Crippen LogP contribution in [0.1, 0.15) is 40.0 Å². The number of hydrogen-bond acceptors (Lipinski definition) is 1. The molecule has 0 spiro atoms. The van der Waals surface area contributed by atoms with E-state index in [2.05, 4.69) is 37.4 Å². The summed E-state index contributed by atoms with van der Waals surface area (Å²) >= 11 is 0. The van der Waals surface area contributed by atoms with Crippen molar-refractivity contribution in [1.29, 1.82) is 0 Å². The largest absolute Gasteiger partial charge is 0.345 e. The molecule has 0 radical (unpaired) electrons. The SMILES string of the molecule is Cc1ccc([C@@H](C)NC(=O)c2cc3ccccn3c2)c(C)c1. The smallest absolute Gasteiger partial charge is 0.253 e. The molecular formula is C19H20N2O. The zero-order chi connectivity index (χ0) is 15.7. The van der Waals surface area contributed by atoms with Gasteiger partial charge in [0.2, 0.25) is 0 Å². The predicted octanol–water partition coefficient (Wildman–Crippen LogP) is 4.05. The Morgan fingerprint density at radius 1 is 1.14 bits per heavy atom. The van der Waals surface area contributed by atoms with E-state index in [1.165, 1.54) is 11.1 Å². The minimum Gasteiger partial charge on any atom is -0.345 e. The quantitative estimate of drug-likeness (QED) is 0.776. The maximum absolute atomic E-state index is 12.5. The molecule has 112 valence electrons. The molecule has 1 aromatic carbocycles. The monoisotopic (exact) mass is 292 g/mol. The number of aryl methyl sites for hydroxylation is 2. The van der Waals surface area contributed by atoms with E-state index in [0.717, 1.165) is 11.1 Å². The molecule has 1 N–H and O–H groups in total. The maximum atomic E-state index is 12.5. The number of hydrogen-bond donors (Lipinski definition) is 1. The van der Waals surface area contributed by atoms with E-state index in [1.54, 1.807) is 0 Å². The average molecular weight is 292 g/mol. The molecule has 0 saturated heterocycles.